The lowest BCUT2D eigenvalue weighted by Gasteiger charge is -2.10. The zero-order valence-electron chi connectivity index (χ0n) is 16.6. The highest BCUT2D eigenvalue weighted by Gasteiger charge is 2.15. The zero-order chi connectivity index (χ0) is 21.5. The van der Waals surface area contributed by atoms with Crippen molar-refractivity contribution in [3.8, 4) is 5.75 Å². The summed E-state index contributed by atoms with van der Waals surface area (Å²) < 4.78 is 5.15. The van der Waals surface area contributed by atoms with Crippen LogP contribution < -0.4 is 5.32 Å². The molecule has 7 nitrogen and oxygen atoms in total. The number of benzene rings is 3. The zero-order valence-corrected chi connectivity index (χ0v) is 16.6. The number of amides is 1. The maximum absolute atomic E-state index is 12.5. The van der Waals surface area contributed by atoms with Gasteiger partial charge in [0.05, 0.1) is 11.3 Å². The Morgan fingerprint density at radius 2 is 1.70 bits per heavy atom. The van der Waals surface area contributed by atoms with E-state index in [9.17, 15) is 14.7 Å². The van der Waals surface area contributed by atoms with Gasteiger partial charge in [0.2, 0.25) is 0 Å². The summed E-state index contributed by atoms with van der Waals surface area (Å²) in [6, 6.07) is 18.4. The van der Waals surface area contributed by atoms with Crippen LogP contribution in [0.2, 0.25) is 0 Å². The van der Waals surface area contributed by atoms with Crippen molar-refractivity contribution in [2.75, 3.05) is 11.9 Å². The Balaban J connectivity index is 1.64. The lowest BCUT2D eigenvalue weighted by molar-refractivity contribution is -0.119. The fourth-order valence-corrected chi connectivity index (χ4v) is 2.71. The molecule has 3 aromatic carbocycles. The summed E-state index contributed by atoms with van der Waals surface area (Å²) in [5.74, 6) is -0.985. The van der Waals surface area contributed by atoms with Crippen molar-refractivity contribution >= 4 is 28.9 Å². The number of rotatable bonds is 6. The molecule has 0 aliphatic heterocycles. The van der Waals surface area contributed by atoms with E-state index >= 15 is 0 Å². The molecule has 0 bridgehead atoms. The molecule has 2 N–H and O–H groups in total. The Hall–Kier alpha value is -4.00. The average molecular weight is 403 g/mol. The van der Waals surface area contributed by atoms with Gasteiger partial charge in [-0.2, -0.15) is 5.11 Å². The maximum Gasteiger partial charge on any atom is 0.340 e. The van der Waals surface area contributed by atoms with Gasteiger partial charge in [-0.3, -0.25) is 4.79 Å². The van der Waals surface area contributed by atoms with Gasteiger partial charge in [-0.25, -0.2) is 4.79 Å². The third-order valence-electron chi connectivity index (χ3n) is 4.24. The molecule has 0 fully saturated rings. The predicted octanol–water partition coefficient (Wildman–Crippen LogP) is 5.22. The quantitative estimate of drug-likeness (QED) is 0.435. The van der Waals surface area contributed by atoms with E-state index in [-0.39, 0.29) is 11.3 Å². The minimum atomic E-state index is -0.675. The molecule has 152 valence electrons. The predicted molar refractivity (Wildman–Crippen MR) is 114 cm³/mol. The van der Waals surface area contributed by atoms with E-state index in [1.165, 1.54) is 12.1 Å². The van der Waals surface area contributed by atoms with Crippen LogP contribution in [0.5, 0.6) is 5.75 Å². The number of esters is 1. The first-order chi connectivity index (χ1) is 14.4. The largest absolute Gasteiger partial charge is 0.508 e. The molecule has 0 aliphatic rings. The standard InChI is InChI=1S/C23H21N3O4/c1-15-7-12-20(16(2)13-15)24-22(28)14-30-23(29)19-5-3-4-6-21(19)26-25-17-8-10-18(27)11-9-17/h3-13,27H,14H2,1-2H3,(H,24,28). The van der Waals surface area contributed by atoms with E-state index in [0.29, 0.717) is 17.1 Å². The third kappa shape index (κ3) is 5.51. The summed E-state index contributed by atoms with van der Waals surface area (Å²) in [5, 5.41) is 20.2. The number of azo groups is 1. The van der Waals surface area contributed by atoms with Crippen molar-refractivity contribution in [1.29, 1.82) is 0 Å². The molecular weight excluding hydrogens is 382 g/mol. The van der Waals surface area contributed by atoms with Gasteiger partial charge < -0.3 is 15.2 Å². The number of hydrogen-bond donors (Lipinski definition) is 2. The monoisotopic (exact) mass is 403 g/mol. The number of aryl methyl sites for hydroxylation is 2. The van der Waals surface area contributed by atoms with Crippen LogP contribution >= 0.6 is 0 Å². The van der Waals surface area contributed by atoms with E-state index < -0.39 is 18.5 Å². The summed E-state index contributed by atoms with van der Waals surface area (Å²) in [4.78, 5) is 24.6. The molecule has 0 atom stereocenters. The fourth-order valence-electron chi connectivity index (χ4n) is 2.71. The summed E-state index contributed by atoms with van der Waals surface area (Å²) in [7, 11) is 0. The van der Waals surface area contributed by atoms with E-state index in [1.54, 1.807) is 36.4 Å². The van der Waals surface area contributed by atoms with Crippen LogP contribution in [0.1, 0.15) is 21.5 Å². The molecule has 1 amide bonds. The molecule has 0 aromatic heterocycles. The number of phenols is 1. The van der Waals surface area contributed by atoms with E-state index in [2.05, 4.69) is 15.5 Å². The van der Waals surface area contributed by atoms with Crippen molar-refractivity contribution in [2.24, 2.45) is 10.2 Å². The summed E-state index contributed by atoms with van der Waals surface area (Å²) in [6.07, 6.45) is 0. The van der Waals surface area contributed by atoms with Crippen LogP contribution in [-0.2, 0) is 9.53 Å². The van der Waals surface area contributed by atoms with Crippen LogP contribution in [0.15, 0.2) is 77.0 Å². The molecule has 3 aromatic rings. The lowest BCUT2D eigenvalue weighted by atomic mass is 10.1. The van der Waals surface area contributed by atoms with Crippen molar-refractivity contribution in [1.82, 2.24) is 0 Å². The highest BCUT2D eigenvalue weighted by molar-refractivity contribution is 5.98. The van der Waals surface area contributed by atoms with Crippen LogP contribution in [0, 0.1) is 13.8 Å². The number of hydrogen-bond acceptors (Lipinski definition) is 6. The first-order valence-corrected chi connectivity index (χ1v) is 9.26. The first kappa shape index (κ1) is 20.7. The molecule has 0 heterocycles. The number of carbonyl (C=O) groups is 2. The molecule has 0 saturated heterocycles. The second-order valence-corrected chi connectivity index (χ2v) is 6.68. The Bertz CT molecular complexity index is 1090. The highest BCUT2D eigenvalue weighted by atomic mass is 16.5. The van der Waals surface area contributed by atoms with Crippen molar-refractivity contribution in [3.05, 3.63) is 83.4 Å². The SMILES string of the molecule is Cc1ccc(NC(=O)COC(=O)c2ccccc2N=Nc2ccc(O)cc2)c(C)c1. The minimum Gasteiger partial charge on any atom is -0.508 e. The molecule has 30 heavy (non-hydrogen) atoms. The van der Waals surface area contributed by atoms with Crippen LogP contribution in [-0.4, -0.2) is 23.6 Å². The van der Waals surface area contributed by atoms with Crippen molar-refractivity contribution < 1.29 is 19.4 Å². The molecule has 7 heteroatoms. The molecule has 0 aliphatic carbocycles. The van der Waals surface area contributed by atoms with E-state index in [4.69, 9.17) is 4.74 Å². The molecule has 0 radical (unpaired) electrons. The van der Waals surface area contributed by atoms with Crippen molar-refractivity contribution in [2.45, 2.75) is 13.8 Å². The van der Waals surface area contributed by atoms with Crippen molar-refractivity contribution in [3.63, 3.8) is 0 Å². The van der Waals surface area contributed by atoms with Gasteiger partial charge in [0.15, 0.2) is 6.61 Å². The molecule has 0 spiro atoms. The Labute approximate surface area is 174 Å². The number of nitrogens with zero attached hydrogens (tertiary/aromatic N) is 2. The number of aromatic hydroxyl groups is 1. The summed E-state index contributed by atoms with van der Waals surface area (Å²) >= 11 is 0. The molecule has 0 unspecified atom stereocenters. The third-order valence-corrected chi connectivity index (χ3v) is 4.24. The van der Waals surface area contributed by atoms with Gasteiger partial charge >= 0.3 is 5.97 Å². The average Bonchev–Trinajstić information content (AvgIpc) is 2.74. The van der Waals surface area contributed by atoms with Gasteiger partial charge in [0, 0.05) is 5.69 Å². The van der Waals surface area contributed by atoms with Gasteiger partial charge in [0.25, 0.3) is 5.91 Å². The number of carbonyl (C=O) groups excluding carboxylic acids is 2. The number of nitrogens with one attached hydrogen (secondary N) is 1. The second kappa shape index (κ2) is 9.47. The lowest BCUT2D eigenvalue weighted by Crippen LogP contribution is -2.21. The number of phenolic OH excluding ortho intramolecular Hbond substituents is 1. The number of ether oxygens (including phenoxy) is 1. The van der Waals surface area contributed by atoms with E-state index in [1.807, 2.05) is 32.0 Å². The summed E-state index contributed by atoms with van der Waals surface area (Å²) in [5.41, 5.74) is 3.71. The van der Waals surface area contributed by atoms with E-state index in [0.717, 1.165) is 11.1 Å². The van der Waals surface area contributed by atoms with Gasteiger partial charge in [-0.15, -0.1) is 5.11 Å². The van der Waals surface area contributed by atoms with Crippen LogP contribution in [0.25, 0.3) is 0 Å². The molecule has 0 saturated carbocycles. The summed E-state index contributed by atoms with van der Waals surface area (Å²) in [6.45, 7) is 3.44. The highest BCUT2D eigenvalue weighted by Crippen LogP contribution is 2.24. The van der Waals surface area contributed by atoms with Crippen LogP contribution in [0.4, 0.5) is 17.1 Å². The Kier molecular flexibility index (Phi) is 6.54. The maximum atomic E-state index is 12.5. The fraction of sp³-hybridized carbons (Fsp3) is 0.130. The first-order valence-electron chi connectivity index (χ1n) is 9.26. The minimum absolute atomic E-state index is 0.122. The normalized spacial score (nSPS) is 10.7. The van der Waals surface area contributed by atoms with Gasteiger partial charge in [-0.1, -0.05) is 29.8 Å². The second-order valence-electron chi connectivity index (χ2n) is 6.68. The van der Waals surface area contributed by atoms with Gasteiger partial charge in [0.1, 0.15) is 11.4 Å². The Morgan fingerprint density at radius 3 is 2.43 bits per heavy atom. The molecular formula is C23H21N3O4. The number of anilines is 1. The Morgan fingerprint density at radius 1 is 0.967 bits per heavy atom. The topological polar surface area (TPSA) is 100 Å². The smallest absolute Gasteiger partial charge is 0.340 e. The molecule has 3 rings (SSSR count). The van der Waals surface area contributed by atoms with Crippen LogP contribution in [0.3, 0.4) is 0 Å². The van der Waals surface area contributed by atoms with Gasteiger partial charge in [-0.05, 0) is 61.9 Å².